The van der Waals surface area contributed by atoms with E-state index in [9.17, 15) is 0 Å². The smallest absolute Gasteiger partial charge is 0.162 e. The van der Waals surface area contributed by atoms with Gasteiger partial charge in [-0.3, -0.25) is 0 Å². The SMILES string of the molecule is CCOc1ccc(NC(C)c2ccc(I)cc2)cc1OC. The van der Waals surface area contributed by atoms with E-state index in [1.807, 2.05) is 25.1 Å². The van der Waals surface area contributed by atoms with Crippen molar-refractivity contribution in [2.24, 2.45) is 0 Å². The zero-order valence-corrected chi connectivity index (χ0v) is 14.7. The Labute approximate surface area is 139 Å². The molecule has 0 aliphatic carbocycles. The summed E-state index contributed by atoms with van der Waals surface area (Å²) in [6.45, 7) is 4.73. The van der Waals surface area contributed by atoms with E-state index in [2.05, 4.69) is 59.1 Å². The van der Waals surface area contributed by atoms with Gasteiger partial charge in [-0.05, 0) is 66.3 Å². The van der Waals surface area contributed by atoms with Gasteiger partial charge in [0.1, 0.15) is 0 Å². The molecule has 112 valence electrons. The van der Waals surface area contributed by atoms with Gasteiger partial charge in [0.05, 0.1) is 13.7 Å². The van der Waals surface area contributed by atoms with E-state index in [1.165, 1.54) is 9.13 Å². The lowest BCUT2D eigenvalue weighted by Gasteiger charge is -2.17. The summed E-state index contributed by atoms with van der Waals surface area (Å²) in [6, 6.07) is 14.7. The van der Waals surface area contributed by atoms with Crippen LogP contribution in [0.25, 0.3) is 0 Å². The van der Waals surface area contributed by atoms with Crippen LogP contribution in [-0.2, 0) is 0 Å². The van der Waals surface area contributed by atoms with Crippen LogP contribution < -0.4 is 14.8 Å². The first-order valence-corrected chi connectivity index (χ1v) is 8.04. The fourth-order valence-electron chi connectivity index (χ4n) is 2.12. The molecule has 2 rings (SSSR count). The second kappa shape index (κ2) is 7.54. The minimum atomic E-state index is 0.227. The second-order valence-electron chi connectivity index (χ2n) is 4.72. The van der Waals surface area contributed by atoms with Crippen LogP contribution in [0.2, 0.25) is 0 Å². The summed E-state index contributed by atoms with van der Waals surface area (Å²) in [5.41, 5.74) is 2.27. The maximum Gasteiger partial charge on any atom is 0.162 e. The normalized spacial score (nSPS) is 11.8. The van der Waals surface area contributed by atoms with Gasteiger partial charge in [-0.25, -0.2) is 0 Å². The van der Waals surface area contributed by atoms with Crippen LogP contribution in [0.15, 0.2) is 42.5 Å². The number of methoxy groups -OCH3 is 1. The molecule has 21 heavy (non-hydrogen) atoms. The van der Waals surface area contributed by atoms with E-state index < -0.39 is 0 Å². The Hall–Kier alpha value is -1.43. The first-order chi connectivity index (χ1) is 10.1. The Morgan fingerprint density at radius 1 is 1.10 bits per heavy atom. The number of anilines is 1. The number of benzene rings is 2. The molecular formula is C17H20INO2. The van der Waals surface area contributed by atoms with Gasteiger partial charge >= 0.3 is 0 Å². The molecule has 1 atom stereocenters. The molecule has 0 heterocycles. The predicted octanol–water partition coefficient (Wildman–Crippen LogP) is 4.87. The molecule has 0 aromatic heterocycles. The highest BCUT2D eigenvalue weighted by molar-refractivity contribution is 14.1. The maximum absolute atomic E-state index is 5.53. The van der Waals surface area contributed by atoms with Crippen LogP contribution >= 0.6 is 22.6 Å². The summed E-state index contributed by atoms with van der Waals surface area (Å²) in [7, 11) is 1.66. The molecule has 0 amide bonds. The minimum Gasteiger partial charge on any atom is -0.493 e. The zero-order valence-electron chi connectivity index (χ0n) is 12.5. The summed E-state index contributed by atoms with van der Waals surface area (Å²) >= 11 is 2.31. The standard InChI is InChI=1S/C17H20INO2/c1-4-21-16-10-9-15(11-17(16)20-3)19-12(2)13-5-7-14(18)8-6-13/h5-12,19H,4H2,1-3H3. The largest absolute Gasteiger partial charge is 0.493 e. The number of hydrogen-bond acceptors (Lipinski definition) is 3. The molecule has 0 radical (unpaired) electrons. The molecule has 1 N–H and O–H groups in total. The Bertz CT molecular complexity index is 584. The quantitative estimate of drug-likeness (QED) is 0.706. The number of ether oxygens (including phenoxy) is 2. The van der Waals surface area contributed by atoms with Crippen molar-refractivity contribution in [2.75, 3.05) is 19.0 Å². The molecule has 0 bridgehead atoms. The summed E-state index contributed by atoms with van der Waals surface area (Å²) in [4.78, 5) is 0. The van der Waals surface area contributed by atoms with E-state index in [1.54, 1.807) is 7.11 Å². The summed E-state index contributed by atoms with van der Waals surface area (Å²) < 4.78 is 12.1. The van der Waals surface area contributed by atoms with Crippen molar-refractivity contribution in [1.29, 1.82) is 0 Å². The van der Waals surface area contributed by atoms with E-state index >= 15 is 0 Å². The number of nitrogens with one attached hydrogen (secondary N) is 1. The summed E-state index contributed by atoms with van der Waals surface area (Å²) in [5.74, 6) is 1.52. The van der Waals surface area contributed by atoms with Crippen molar-refractivity contribution in [1.82, 2.24) is 0 Å². The number of rotatable bonds is 6. The zero-order chi connectivity index (χ0) is 15.2. The van der Waals surface area contributed by atoms with Crippen LogP contribution in [0.3, 0.4) is 0 Å². The molecule has 2 aromatic carbocycles. The summed E-state index contributed by atoms with van der Waals surface area (Å²) in [6.07, 6.45) is 0. The van der Waals surface area contributed by atoms with Crippen molar-refractivity contribution in [3.05, 3.63) is 51.6 Å². The third kappa shape index (κ3) is 4.27. The highest BCUT2D eigenvalue weighted by Gasteiger charge is 2.09. The van der Waals surface area contributed by atoms with Gasteiger partial charge in [-0.1, -0.05) is 12.1 Å². The lowest BCUT2D eigenvalue weighted by molar-refractivity contribution is 0.311. The first-order valence-electron chi connectivity index (χ1n) is 6.97. The van der Waals surface area contributed by atoms with Crippen LogP contribution in [-0.4, -0.2) is 13.7 Å². The third-order valence-corrected chi connectivity index (χ3v) is 3.94. The molecule has 0 aliphatic rings. The second-order valence-corrected chi connectivity index (χ2v) is 5.96. The first kappa shape index (κ1) is 15.9. The van der Waals surface area contributed by atoms with Crippen LogP contribution in [0.1, 0.15) is 25.5 Å². The monoisotopic (exact) mass is 397 g/mol. The molecule has 1 unspecified atom stereocenters. The molecule has 0 fully saturated rings. The fraction of sp³-hybridized carbons (Fsp3) is 0.294. The van der Waals surface area contributed by atoms with Crippen molar-refractivity contribution in [2.45, 2.75) is 19.9 Å². The fourth-order valence-corrected chi connectivity index (χ4v) is 2.48. The van der Waals surface area contributed by atoms with E-state index in [4.69, 9.17) is 9.47 Å². The average molecular weight is 397 g/mol. The Morgan fingerprint density at radius 2 is 1.81 bits per heavy atom. The van der Waals surface area contributed by atoms with Gasteiger partial charge in [0.25, 0.3) is 0 Å². The third-order valence-electron chi connectivity index (χ3n) is 3.22. The van der Waals surface area contributed by atoms with Gasteiger partial charge in [0.15, 0.2) is 11.5 Å². The Balaban J connectivity index is 2.13. The maximum atomic E-state index is 5.53. The van der Waals surface area contributed by atoms with Gasteiger partial charge < -0.3 is 14.8 Å². The average Bonchev–Trinajstić information content (AvgIpc) is 2.49. The van der Waals surface area contributed by atoms with Crippen molar-refractivity contribution in [3.63, 3.8) is 0 Å². The Kier molecular flexibility index (Phi) is 5.73. The topological polar surface area (TPSA) is 30.5 Å². The van der Waals surface area contributed by atoms with E-state index in [0.29, 0.717) is 6.61 Å². The lowest BCUT2D eigenvalue weighted by atomic mass is 10.1. The molecule has 0 aliphatic heterocycles. The van der Waals surface area contributed by atoms with E-state index in [0.717, 1.165) is 17.2 Å². The molecular weight excluding hydrogens is 377 g/mol. The van der Waals surface area contributed by atoms with Crippen molar-refractivity contribution < 1.29 is 9.47 Å². The molecule has 0 saturated carbocycles. The molecule has 0 spiro atoms. The van der Waals surface area contributed by atoms with E-state index in [-0.39, 0.29) is 6.04 Å². The predicted molar refractivity (Wildman–Crippen MR) is 95.4 cm³/mol. The van der Waals surface area contributed by atoms with Crippen LogP contribution in [0, 0.1) is 3.57 Å². The Morgan fingerprint density at radius 3 is 2.43 bits per heavy atom. The highest BCUT2D eigenvalue weighted by Crippen LogP contribution is 2.31. The van der Waals surface area contributed by atoms with Crippen molar-refractivity contribution in [3.8, 4) is 11.5 Å². The van der Waals surface area contributed by atoms with Gasteiger partial charge in [-0.2, -0.15) is 0 Å². The van der Waals surface area contributed by atoms with Crippen molar-refractivity contribution >= 4 is 28.3 Å². The van der Waals surface area contributed by atoms with Crippen LogP contribution in [0.5, 0.6) is 11.5 Å². The molecule has 3 nitrogen and oxygen atoms in total. The van der Waals surface area contributed by atoms with Gasteiger partial charge in [0.2, 0.25) is 0 Å². The minimum absolute atomic E-state index is 0.227. The highest BCUT2D eigenvalue weighted by atomic mass is 127. The molecule has 4 heteroatoms. The van der Waals surface area contributed by atoms with Crippen LogP contribution in [0.4, 0.5) is 5.69 Å². The lowest BCUT2D eigenvalue weighted by Crippen LogP contribution is -2.07. The van der Waals surface area contributed by atoms with Gasteiger partial charge in [-0.15, -0.1) is 0 Å². The number of halogens is 1. The molecule has 0 saturated heterocycles. The molecule has 2 aromatic rings. The van der Waals surface area contributed by atoms with Gasteiger partial charge in [0, 0.05) is 21.4 Å². The summed E-state index contributed by atoms with van der Waals surface area (Å²) in [5, 5.41) is 3.48. The number of hydrogen-bond donors (Lipinski definition) is 1.